The molecule has 0 radical (unpaired) electrons. The molecule has 1 aromatic rings. The van der Waals surface area contributed by atoms with Crippen LogP contribution in [-0.4, -0.2) is 54.0 Å². The summed E-state index contributed by atoms with van der Waals surface area (Å²) in [6.45, 7) is 5.20. The number of nitrogens with zero attached hydrogens (tertiary/aromatic N) is 3. The fraction of sp³-hybridized carbons (Fsp3) is 0.600. The highest BCUT2D eigenvalue weighted by molar-refractivity contribution is 5.98. The number of benzene rings is 1. The zero-order chi connectivity index (χ0) is 17.4. The Morgan fingerprint density at radius 1 is 1.00 bits per heavy atom. The summed E-state index contributed by atoms with van der Waals surface area (Å²) in [5.74, 6) is 0.116. The number of hydrogen-bond donors (Lipinski definition) is 0. The number of amides is 3. The first-order valence-electron chi connectivity index (χ1n) is 9.60. The average molecular weight is 341 g/mol. The van der Waals surface area contributed by atoms with Crippen molar-refractivity contribution < 1.29 is 9.59 Å². The van der Waals surface area contributed by atoms with Gasteiger partial charge < -0.3 is 14.7 Å². The summed E-state index contributed by atoms with van der Waals surface area (Å²) in [5.41, 5.74) is 2.31. The Labute approximate surface area is 149 Å². The largest absolute Gasteiger partial charge is 0.325 e. The van der Waals surface area contributed by atoms with E-state index >= 15 is 0 Å². The van der Waals surface area contributed by atoms with Crippen LogP contribution in [0.15, 0.2) is 24.3 Å². The van der Waals surface area contributed by atoms with Crippen LogP contribution in [0, 0.1) is 5.92 Å². The third-order valence-corrected chi connectivity index (χ3v) is 5.86. The number of urea groups is 1. The fourth-order valence-electron chi connectivity index (χ4n) is 4.56. The van der Waals surface area contributed by atoms with Crippen molar-refractivity contribution in [2.45, 2.75) is 45.1 Å². The topological polar surface area (TPSA) is 43.9 Å². The molecule has 0 aromatic heterocycles. The molecule has 0 unspecified atom stereocenters. The third kappa shape index (κ3) is 3.00. The molecule has 2 atom stereocenters. The van der Waals surface area contributed by atoms with Crippen LogP contribution in [0.3, 0.4) is 0 Å². The predicted molar refractivity (Wildman–Crippen MR) is 97.6 cm³/mol. The number of hydrogen-bond acceptors (Lipinski definition) is 2. The van der Waals surface area contributed by atoms with E-state index in [0.29, 0.717) is 6.54 Å². The zero-order valence-corrected chi connectivity index (χ0v) is 15.0. The smallest absolute Gasteiger partial charge is 0.320 e. The van der Waals surface area contributed by atoms with Crippen molar-refractivity contribution in [3.05, 3.63) is 29.8 Å². The van der Waals surface area contributed by atoms with Crippen LogP contribution in [0.25, 0.3) is 0 Å². The van der Waals surface area contributed by atoms with E-state index in [4.69, 9.17) is 0 Å². The highest BCUT2D eigenvalue weighted by atomic mass is 16.2. The Kier molecular flexibility index (Phi) is 4.40. The minimum absolute atomic E-state index is 0.0751. The van der Waals surface area contributed by atoms with Gasteiger partial charge in [-0.05, 0) is 50.7 Å². The standard InChI is InChI=1S/C20H27N3O2/c1-15-13-16-7-2-3-9-18(16)23(15)19(24)17-8-6-12-22(14-17)20(25)21-10-4-5-11-21/h2-3,7,9,15,17H,4-6,8,10-14H2,1H3/t15-,17-/m1/s1. The lowest BCUT2D eigenvalue weighted by Gasteiger charge is -2.37. The maximum absolute atomic E-state index is 13.2. The van der Waals surface area contributed by atoms with Gasteiger partial charge in [0.1, 0.15) is 0 Å². The maximum Gasteiger partial charge on any atom is 0.320 e. The van der Waals surface area contributed by atoms with Crippen molar-refractivity contribution in [1.82, 2.24) is 9.80 Å². The monoisotopic (exact) mass is 341 g/mol. The van der Waals surface area contributed by atoms with Crippen LogP contribution in [0.1, 0.15) is 38.2 Å². The summed E-state index contributed by atoms with van der Waals surface area (Å²) in [6.07, 6.45) is 4.92. The molecule has 0 N–H and O–H groups in total. The van der Waals surface area contributed by atoms with Crippen molar-refractivity contribution >= 4 is 17.6 Å². The summed E-state index contributed by atoms with van der Waals surface area (Å²) in [6, 6.07) is 8.53. The Morgan fingerprint density at radius 3 is 2.52 bits per heavy atom. The summed E-state index contributed by atoms with van der Waals surface area (Å²) in [4.78, 5) is 31.7. The molecule has 2 saturated heterocycles. The molecule has 1 aromatic carbocycles. The predicted octanol–water partition coefficient (Wildman–Crippen LogP) is 2.89. The molecule has 4 rings (SSSR count). The third-order valence-electron chi connectivity index (χ3n) is 5.86. The number of fused-ring (bicyclic) bond motifs is 1. The van der Waals surface area contributed by atoms with Gasteiger partial charge in [0.05, 0.1) is 5.92 Å². The maximum atomic E-state index is 13.2. The molecule has 25 heavy (non-hydrogen) atoms. The molecular formula is C20H27N3O2. The normalized spacial score (nSPS) is 26.0. The second-order valence-electron chi connectivity index (χ2n) is 7.65. The molecule has 0 saturated carbocycles. The number of rotatable bonds is 1. The summed E-state index contributed by atoms with van der Waals surface area (Å²) >= 11 is 0. The lowest BCUT2D eigenvalue weighted by Crippen LogP contribution is -2.51. The highest BCUT2D eigenvalue weighted by Crippen LogP contribution is 2.34. The minimum Gasteiger partial charge on any atom is -0.325 e. The number of piperidine rings is 1. The van der Waals surface area contributed by atoms with Gasteiger partial charge in [-0.1, -0.05) is 18.2 Å². The molecular weight excluding hydrogens is 314 g/mol. The van der Waals surface area contributed by atoms with E-state index in [1.54, 1.807) is 0 Å². The zero-order valence-electron chi connectivity index (χ0n) is 15.0. The van der Waals surface area contributed by atoms with Gasteiger partial charge >= 0.3 is 6.03 Å². The molecule has 134 valence electrons. The molecule has 3 heterocycles. The quantitative estimate of drug-likeness (QED) is 0.788. The van der Waals surface area contributed by atoms with Gasteiger partial charge in [0.25, 0.3) is 0 Å². The van der Waals surface area contributed by atoms with Crippen molar-refractivity contribution in [1.29, 1.82) is 0 Å². The van der Waals surface area contributed by atoms with E-state index in [9.17, 15) is 9.59 Å². The number of carbonyl (C=O) groups excluding carboxylic acids is 2. The average Bonchev–Trinajstić information content (AvgIpc) is 3.27. The second kappa shape index (κ2) is 6.70. The molecule has 0 aliphatic carbocycles. The van der Waals surface area contributed by atoms with Crippen LogP contribution in [0.4, 0.5) is 10.5 Å². The SMILES string of the molecule is C[C@@H]1Cc2ccccc2N1C(=O)[C@@H]1CCCN(C(=O)N2CCCC2)C1. The lowest BCUT2D eigenvalue weighted by atomic mass is 9.96. The first-order chi connectivity index (χ1) is 12.1. The first kappa shape index (κ1) is 16.4. The van der Waals surface area contributed by atoms with Crippen LogP contribution in [0.5, 0.6) is 0 Å². The Bertz CT molecular complexity index is 669. The first-order valence-corrected chi connectivity index (χ1v) is 9.60. The lowest BCUT2D eigenvalue weighted by molar-refractivity contribution is -0.124. The molecule has 3 amide bonds. The van der Waals surface area contributed by atoms with E-state index in [2.05, 4.69) is 13.0 Å². The number of para-hydroxylation sites is 1. The van der Waals surface area contributed by atoms with Crippen molar-refractivity contribution in [3.63, 3.8) is 0 Å². The molecule has 3 aliphatic heterocycles. The Hall–Kier alpha value is -2.04. The van der Waals surface area contributed by atoms with Crippen LogP contribution in [0.2, 0.25) is 0 Å². The van der Waals surface area contributed by atoms with Gasteiger partial charge in [-0.25, -0.2) is 4.79 Å². The van der Waals surface area contributed by atoms with Crippen LogP contribution in [-0.2, 0) is 11.2 Å². The van der Waals surface area contributed by atoms with E-state index in [1.165, 1.54) is 5.56 Å². The van der Waals surface area contributed by atoms with E-state index in [1.807, 2.05) is 32.9 Å². The van der Waals surface area contributed by atoms with Crippen molar-refractivity contribution in [2.24, 2.45) is 5.92 Å². The minimum atomic E-state index is -0.0751. The van der Waals surface area contributed by atoms with Crippen LogP contribution < -0.4 is 4.90 Å². The molecule has 0 spiro atoms. The fourth-order valence-corrected chi connectivity index (χ4v) is 4.56. The number of carbonyl (C=O) groups is 2. The van der Waals surface area contributed by atoms with Gasteiger partial charge in [-0.3, -0.25) is 4.79 Å². The van der Waals surface area contributed by atoms with Gasteiger partial charge in [-0.15, -0.1) is 0 Å². The molecule has 5 nitrogen and oxygen atoms in total. The second-order valence-corrected chi connectivity index (χ2v) is 7.65. The van der Waals surface area contributed by atoms with Crippen LogP contribution >= 0.6 is 0 Å². The summed E-state index contributed by atoms with van der Waals surface area (Å²) in [5, 5.41) is 0. The van der Waals surface area contributed by atoms with Gasteiger partial charge in [0.15, 0.2) is 0 Å². The van der Waals surface area contributed by atoms with Gasteiger partial charge in [0, 0.05) is 37.9 Å². The summed E-state index contributed by atoms with van der Waals surface area (Å²) in [7, 11) is 0. The number of anilines is 1. The van der Waals surface area contributed by atoms with Gasteiger partial charge in [0.2, 0.25) is 5.91 Å². The van der Waals surface area contributed by atoms with E-state index < -0.39 is 0 Å². The highest BCUT2D eigenvalue weighted by Gasteiger charge is 2.38. The Morgan fingerprint density at radius 2 is 1.72 bits per heavy atom. The Balaban J connectivity index is 1.48. The number of likely N-dealkylation sites (tertiary alicyclic amines) is 2. The summed E-state index contributed by atoms with van der Waals surface area (Å²) < 4.78 is 0. The van der Waals surface area contributed by atoms with Crippen molar-refractivity contribution in [3.8, 4) is 0 Å². The van der Waals surface area contributed by atoms with E-state index in [0.717, 1.165) is 57.4 Å². The van der Waals surface area contributed by atoms with Crippen molar-refractivity contribution in [2.75, 3.05) is 31.1 Å². The molecule has 0 bridgehead atoms. The molecule has 3 aliphatic rings. The molecule has 5 heteroatoms. The van der Waals surface area contributed by atoms with E-state index in [-0.39, 0.29) is 23.9 Å². The van der Waals surface area contributed by atoms with Gasteiger partial charge in [-0.2, -0.15) is 0 Å². The molecule has 2 fully saturated rings.